The highest BCUT2D eigenvalue weighted by molar-refractivity contribution is 9.10. The maximum absolute atomic E-state index is 13.1. The summed E-state index contributed by atoms with van der Waals surface area (Å²) in [6, 6.07) is 0.538. The van der Waals surface area contributed by atoms with Crippen LogP contribution in [0.4, 0.5) is 23.2 Å². The molecule has 88 valence electrons. The summed E-state index contributed by atoms with van der Waals surface area (Å²) in [4.78, 5) is 9.06. The molecule has 0 aliphatic heterocycles. The molecule has 0 radical (unpaired) electrons. The van der Waals surface area contributed by atoms with Gasteiger partial charge in [-0.3, -0.25) is 10.1 Å². The highest BCUT2D eigenvalue weighted by atomic mass is 79.9. The first kappa shape index (κ1) is 12.7. The van der Waals surface area contributed by atoms with Crippen LogP contribution in [0.3, 0.4) is 0 Å². The lowest BCUT2D eigenvalue weighted by atomic mass is 10.3. The van der Waals surface area contributed by atoms with Gasteiger partial charge < -0.3 is 4.74 Å². The minimum atomic E-state index is -3.37. The highest BCUT2D eigenvalue weighted by Gasteiger charge is 2.26. The molecule has 1 rings (SSSR count). The second kappa shape index (κ2) is 4.64. The number of alkyl halides is 2. The van der Waals surface area contributed by atoms with Gasteiger partial charge in [0.05, 0.1) is 9.40 Å². The summed E-state index contributed by atoms with van der Waals surface area (Å²) in [6.45, 7) is -3.37. The lowest BCUT2D eigenvalue weighted by Crippen LogP contribution is -2.07. The molecule has 0 spiro atoms. The van der Waals surface area contributed by atoms with Gasteiger partial charge in [-0.25, -0.2) is 0 Å². The number of hydrogen-bond donors (Lipinski definition) is 0. The molecule has 0 aliphatic rings. The number of benzene rings is 1. The van der Waals surface area contributed by atoms with E-state index in [4.69, 9.17) is 0 Å². The Labute approximate surface area is 94.1 Å². The lowest BCUT2D eigenvalue weighted by molar-refractivity contribution is -0.387. The summed E-state index contributed by atoms with van der Waals surface area (Å²) in [7, 11) is 0. The largest absolute Gasteiger partial charge is 0.430 e. The molecule has 1 aromatic carbocycles. The van der Waals surface area contributed by atoms with Crippen molar-refractivity contribution in [2.75, 3.05) is 0 Å². The number of halogens is 5. The first-order valence-electron chi connectivity index (χ1n) is 3.61. The fourth-order valence-electron chi connectivity index (χ4n) is 0.896. The molecule has 9 heteroatoms. The van der Waals surface area contributed by atoms with Gasteiger partial charge in [-0.15, -0.1) is 0 Å². The molecule has 16 heavy (non-hydrogen) atoms. The van der Waals surface area contributed by atoms with Gasteiger partial charge in [-0.2, -0.15) is 17.6 Å². The summed E-state index contributed by atoms with van der Waals surface area (Å²) in [6.07, 6.45) is 0. The second-order valence-corrected chi connectivity index (χ2v) is 3.32. The Hall–Kier alpha value is -1.38. The van der Waals surface area contributed by atoms with Gasteiger partial charge >= 0.3 is 12.3 Å². The number of nitro groups is 1. The number of rotatable bonds is 3. The molecule has 0 unspecified atom stereocenters. The molecule has 0 aromatic heterocycles. The molecular formula is C7H2BrF4NO3. The summed E-state index contributed by atoms with van der Waals surface area (Å²) in [5.74, 6) is -4.82. The van der Waals surface area contributed by atoms with Crippen molar-refractivity contribution in [1.82, 2.24) is 0 Å². The normalized spacial score (nSPS) is 10.6. The van der Waals surface area contributed by atoms with Crippen LogP contribution in [-0.4, -0.2) is 11.5 Å². The zero-order valence-electron chi connectivity index (χ0n) is 7.22. The van der Waals surface area contributed by atoms with Gasteiger partial charge in [0.2, 0.25) is 11.6 Å². The van der Waals surface area contributed by atoms with Crippen molar-refractivity contribution >= 4 is 21.6 Å². The number of nitrogens with zero attached hydrogens (tertiary/aromatic N) is 1. The third kappa shape index (κ3) is 2.40. The van der Waals surface area contributed by atoms with E-state index in [9.17, 15) is 27.7 Å². The first-order chi connectivity index (χ1) is 7.34. The summed E-state index contributed by atoms with van der Waals surface area (Å²) in [5.41, 5.74) is -1.18. The van der Waals surface area contributed by atoms with Crippen LogP contribution in [0, 0.1) is 21.7 Å². The van der Waals surface area contributed by atoms with E-state index in [0.717, 1.165) is 0 Å². The first-order valence-corrected chi connectivity index (χ1v) is 4.40. The SMILES string of the molecule is O=[N+]([O-])c1cc(Br)c(OC(F)F)c(F)c1F. The van der Waals surface area contributed by atoms with Gasteiger partial charge in [0.15, 0.2) is 5.75 Å². The molecule has 0 N–H and O–H groups in total. The summed E-state index contributed by atoms with van der Waals surface area (Å²) >= 11 is 2.56. The lowest BCUT2D eigenvalue weighted by Gasteiger charge is -2.08. The molecule has 0 saturated carbocycles. The number of ether oxygens (including phenoxy) is 1. The molecule has 0 saturated heterocycles. The Morgan fingerprint density at radius 3 is 2.38 bits per heavy atom. The molecule has 0 bridgehead atoms. The Kier molecular flexibility index (Phi) is 3.68. The minimum Gasteiger partial charge on any atom is -0.430 e. The van der Waals surface area contributed by atoms with Crippen LogP contribution in [0.1, 0.15) is 0 Å². The van der Waals surface area contributed by atoms with Crippen LogP contribution < -0.4 is 4.74 Å². The third-order valence-electron chi connectivity index (χ3n) is 1.50. The molecule has 0 heterocycles. The average molecular weight is 304 g/mol. The van der Waals surface area contributed by atoms with Crippen molar-refractivity contribution in [2.45, 2.75) is 6.61 Å². The minimum absolute atomic E-state index is 0.474. The van der Waals surface area contributed by atoms with Gasteiger partial charge in [0, 0.05) is 6.07 Å². The van der Waals surface area contributed by atoms with Crippen LogP contribution >= 0.6 is 15.9 Å². The molecule has 1 aromatic rings. The maximum atomic E-state index is 13.1. The zero-order chi connectivity index (χ0) is 12.5. The molecular weight excluding hydrogens is 302 g/mol. The fraction of sp³-hybridized carbons (Fsp3) is 0.143. The fourth-order valence-corrected chi connectivity index (χ4v) is 1.38. The smallest absolute Gasteiger partial charge is 0.387 e. The average Bonchev–Trinajstić information content (AvgIpc) is 2.17. The van der Waals surface area contributed by atoms with Gasteiger partial charge in [-0.05, 0) is 15.9 Å². The van der Waals surface area contributed by atoms with E-state index in [0.29, 0.717) is 6.07 Å². The van der Waals surface area contributed by atoms with E-state index in [1.54, 1.807) is 0 Å². The van der Waals surface area contributed by atoms with Crippen molar-refractivity contribution in [3.63, 3.8) is 0 Å². The van der Waals surface area contributed by atoms with Crippen LogP contribution in [0.2, 0.25) is 0 Å². The molecule has 0 atom stereocenters. The zero-order valence-corrected chi connectivity index (χ0v) is 8.80. The summed E-state index contributed by atoms with van der Waals surface area (Å²) < 4.78 is 52.9. The van der Waals surface area contributed by atoms with Crippen LogP contribution in [0.5, 0.6) is 5.75 Å². The molecule has 0 amide bonds. The maximum Gasteiger partial charge on any atom is 0.387 e. The monoisotopic (exact) mass is 303 g/mol. The standard InChI is InChI=1S/C7H2BrF4NO3/c8-2-1-3(13(14)15)4(9)5(10)6(2)16-7(11)12/h1,7H. The predicted molar refractivity (Wildman–Crippen MR) is 47.3 cm³/mol. The van der Waals surface area contributed by atoms with Crippen LogP contribution in [0.15, 0.2) is 10.5 Å². The van der Waals surface area contributed by atoms with E-state index in [1.165, 1.54) is 0 Å². The Bertz CT molecular complexity index is 440. The Morgan fingerprint density at radius 1 is 1.38 bits per heavy atom. The van der Waals surface area contributed by atoms with Gasteiger partial charge in [-0.1, -0.05) is 0 Å². The van der Waals surface area contributed by atoms with E-state index < -0.39 is 39.1 Å². The molecule has 4 nitrogen and oxygen atoms in total. The Balaban J connectivity index is 3.34. The van der Waals surface area contributed by atoms with E-state index in [2.05, 4.69) is 20.7 Å². The van der Waals surface area contributed by atoms with Crippen molar-refractivity contribution in [3.8, 4) is 5.75 Å². The van der Waals surface area contributed by atoms with Crippen LogP contribution in [-0.2, 0) is 0 Å². The van der Waals surface area contributed by atoms with Crippen molar-refractivity contribution < 1.29 is 27.2 Å². The van der Waals surface area contributed by atoms with Gasteiger partial charge in [0.25, 0.3) is 0 Å². The molecule has 0 fully saturated rings. The third-order valence-corrected chi connectivity index (χ3v) is 2.09. The van der Waals surface area contributed by atoms with Gasteiger partial charge in [0.1, 0.15) is 0 Å². The van der Waals surface area contributed by atoms with E-state index in [-0.39, 0.29) is 0 Å². The van der Waals surface area contributed by atoms with Crippen molar-refractivity contribution in [3.05, 3.63) is 32.3 Å². The second-order valence-electron chi connectivity index (χ2n) is 2.47. The topological polar surface area (TPSA) is 52.4 Å². The Morgan fingerprint density at radius 2 is 1.94 bits per heavy atom. The van der Waals surface area contributed by atoms with E-state index >= 15 is 0 Å². The highest BCUT2D eigenvalue weighted by Crippen LogP contribution is 2.36. The number of nitro benzene ring substituents is 1. The number of hydrogen-bond acceptors (Lipinski definition) is 3. The van der Waals surface area contributed by atoms with Crippen molar-refractivity contribution in [2.24, 2.45) is 0 Å². The molecule has 0 aliphatic carbocycles. The predicted octanol–water partition coefficient (Wildman–Crippen LogP) is 3.24. The summed E-state index contributed by atoms with van der Waals surface area (Å²) in [5, 5.41) is 10.2. The van der Waals surface area contributed by atoms with Crippen molar-refractivity contribution in [1.29, 1.82) is 0 Å². The van der Waals surface area contributed by atoms with Crippen LogP contribution in [0.25, 0.3) is 0 Å². The quantitative estimate of drug-likeness (QED) is 0.373. The van der Waals surface area contributed by atoms with E-state index in [1.807, 2.05) is 0 Å².